The van der Waals surface area contributed by atoms with E-state index in [1.165, 1.54) is 0 Å². The van der Waals surface area contributed by atoms with Gasteiger partial charge in [0.2, 0.25) is 5.82 Å². The van der Waals surface area contributed by atoms with Crippen LogP contribution in [-0.4, -0.2) is 23.9 Å². The Hall–Kier alpha value is -1.66. The molecule has 1 amide bonds. The molecule has 0 aliphatic heterocycles. The van der Waals surface area contributed by atoms with Crippen LogP contribution in [0.2, 0.25) is 0 Å². The van der Waals surface area contributed by atoms with Gasteiger partial charge in [-0.3, -0.25) is 4.79 Å². The molecular formula is C15H18F5NO. The van der Waals surface area contributed by atoms with Gasteiger partial charge in [-0.15, -0.1) is 0 Å². The van der Waals surface area contributed by atoms with Crippen molar-refractivity contribution in [1.82, 2.24) is 4.90 Å². The molecule has 0 bridgehead atoms. The Morgan fingerprint density at radius 3 is 1.50 bits per heavy atom. The van der Waals surface area contributed by atoms with Crippen molar-refractivity contribution in [3.8, 4) is 0 Å². The van der Waals surface area contributed by atoms with Crippen LogP contribution in [0.4, 0.5) is 22.0 Å². The topological polar surface area (TPSA) is 20.3 Å². The summed E-state index contributed by atoms with van der Waals surface area (Å²) >= 11 is 0. The molecule has 1 aromatic rings. The molecule has 0 saturated heterocycles. The van der Waals surface area contributed by atoms with Crippen molar-refractivity contribution in [2.75, 3.05) is 13.1 Å². The van der Waals surface area contributed by atoms with Crippen LogP contribution in [0.25, 0.3) is 0 Å². The van der Waals surface area contributed by atoms with E-state index >= 15 is 0 Å². The molecule has 1 rings (SSSR count). The summed E-state index contributed by atoms with van der Waals surface area (Å²) in [4.78, 5) is 13.3. The summed E-state index contributed by atoms with van der Waals surface area (Å²) in [5.74, 6) is -11.8. The van der Waals surface area contributed by atoms with Gasteiger partial charge in [-0.1, -0.05) is 26.7 Å². The smallest absolute Gasteiger partial charge is 0.260 e. The molecule has 0 aliphatic rings. The normalized spacial score (nSPS) is 10.9. The average Bonchev–Trinajstić information content (AvgIpc) is 2.51. The second kappa shape index (κ2) is 8.10. The molecule has 0 aromatic heterocycles. The third kappa shape index (κ3) is 3.75. The van der Waals surface area contributed by atoms with E-state index in [4.69, 9.17) is 0 Å². The number of benzene rings is 1. The Balaban J connectivity index is 3.23. The average molecular weight is 323 g/mol. The molecule has 1 aromatic carbocycles. The fourth-order valence-corrected chi connectivity index (χ4v) is 1.96. The molecule has 0 aliphatic carbocycles. The van der Waals surface area contributed by atoms with Crippen LogP contribution < -0.4 is 0 Å². The third-order valence-electron chi connectivity index (χ3n) is 3.27. The van der Waals surface area contributed by atoms with Crippen molar-refractivity contribution in [3.05, 3.63) is 34.6 Å². The largest absolute Gasteiger partial charge is 0.338 e. The van der Waals surface area contributed by atoms with E-state index in [1.807, 2.05) is 13.8 Å². The SMILES string of the molecule is CCCCN(CCCC)C(=O)c1c(F)c(F)c(F)c(F)c1F. The van der Waals surface area contributed by atoms with Gasteiger partial charge in [-0.2, -0.15) is 0 Å². The number of nitrogens with zero attached hydrogens (tertiary/aromatic N) is 1. The van der Waals surface area contributed by atoms with E-state index in [0.717, 1.165) is 17.7 Å². The van der Waals surface area contributed by atoms with Crippen molar-refractivity contribution in [2.24, 2.45) is 0 Å². The van der Waals surface area contributed by atoms with Gasteiger partial charge in [0.05, 0.1) is 0 Å². The summed E-state index contributed by atoms with van der Waals surface area (Å²) < 4.78 is 66.8. The lowest BCUT2D eigenvalue weighted by Crippen LogP contribution is -2.34. The van der Waals surface area contributed by atoms with E-state index in [1.54, 1.807) is 0 Å². The van der Waals surface area contributed by atoms with Gasteiger partial charge in [0.15, 0.2) is 23.3 Å². The highest BCUT2D eigenvalue weighted by molar-refractivity contribution is 5.94. The molecule has 7 heteroatoms. The van der Waals surface area contributed by atoms with E-state index in [9.17, 15) is 26.7 Å². The maximum absolute atomic E-state index is 13.7. The summed E-state index contributed by atoms with van der Waals surface area (Å²) in [6.45, 7) is 4.13. The Labute approximate surface area is 125 Å². The number of carbonyl (C=O) groups excluding carboxylic acids is 1. The minimum Gasteiger partial charge on any atom is -0.338 e. The highest BCUT2D eigenvalue weighted by atomic mass is 19.2. The lowest BCUT2D eigenvalue weighted by atomic mass is 10.1. The highest BCUT2D eigenvalue weighted by Gasteiger charge is 2.31. The molecule has 0 saturated carbocycles. The number of hydrogen-bond donors (Lipinski definition) is 0. The Kier molecular flexibility index (Phi) is 6.77. The lowest BCUT2D eigenvalue weighted by Gasteiger charge is -2.23. The van der Waals surface area contributed by atoms with Crippen LogP contribution in [0, 0.1) is 29.1 Å². The predicted octanol–water partition coefficient (Wildman–Crippen LogP) is 4.42. The molecular weight excluding hydrogens is 305 g/mol. The minimum atomic E-state index is -2.26. The first kappa shape index (κ1) is 18.4. The maximum atomic E-state index is 13.7. The van der Waals surface area contributed by atoms with Gasteiger partial charge in [-0.05, 0) is 12.8 Å². The zero-order chi connectivity index (χ0) is 16.9. The van der Waals surface area contributed by atoms with Gasteiger partial charge in [-0.25, -0.2) is 22.0 Å². The Morgan fingerprint density at radius 2 is 1.14 bits per heavy atom. The molecule has 0 heterocycles. The van der Waals surface area contributed by atoms with Gasteiger partial charge in [0.1, 0.15) is 5.56 Å². The number of rotatable bonds is 7. The van der Waals surface area contributed by atoms with E-state index in [0.29, 0.717) is 12.8 Å². The molecule has 0 radical (unpaired) electrons. The Morgan fingerprint density at radius 1 is 0.773 bits per heavy atom. The first-order chi connectivity index (χ1) is 10.4. The lowest BCUT2D eigenvalue weighted by molar-refractivity contribution is 0.0737. The van der Waals surface area contributed by atoms with Crippen molar-refractivity contribution in [2.45, 2.75) is 39.5 Å². The fraction of sp³-hybridized carbons (Fsp3) is 0.533. The summed E-state index contributed by atoms with van der Waals surface area (Å²) in [5.41, 5.74) is -1.39. The second-order valence-electron chi connectivity index (χ2n) is 4.94. The summed E-state index contributed by atoms with van der Waals surface area (Å²) in [6.07, 6.45) is 2.61. The molecule has 22 heavy (non-hydrogen) atoms. The molecule has 2 nitrogen and oxygen atoms in total. The van der Waals surface area contributed by atoms with Gasteiger partial charge in [0.25, 0.3) is 5.91 Å². The first-order valence-corrected chi connectivity index (χ1v) is 7.17. The number of unbranched alkanes of at least 4 members (excludes halogenated alkanes) is 2. The Bertz CT molecular complexity index is 510. The number of amides is 1. The van der Waals surface area contributed by atoms with E-state index < -0.39 is 40.6 Å². The third-order valence-corrected chi connectivity index (χ3v) is 3.27. The van der Waals surface area contributed by atoms with Crippen LogP contribution in [0.15, 0.2) is 0 Å². The van der Waals surface area contributed by atoms with Crippen LogP contribution >= 0.6 is 0 Å². The number of hydrogen-bond acceptors (Lipinski definition) is 1. The van der Waals surface area contributed by atoms with Crippen molar-refractivity contribution >= 4 is 5.91 Å². The van der Waals surface area contributed by atoms with Crippen molar-refractivity contribution in [1.29, 1.82) is 0 Å². The monoisotopic (exact) mass is 323 g/mol. The molecule has 0 atom stereocenters. The predicted molar refractivity (Wildman–Crippen MR) is 72.0 cm³/mol. The zero-order valence-corrected chi connectivity index (χ0v) is 12.5. The minimum absolute atomic E-state index is 0.203. The van der Waals surface area contributed by atoms with Crippen LogP contribution in [-0.2, 0) is 0 Å². The van der Waals surface area contributed by atoms with Gasteiger partial charge in [0, 0.05) is 13.1 Å². The van der Waals surface area contributed by atoms with Crippen molar-refractivity contribution < 1.29 is 26.7 Å². The molecule has 124 valence electrons. The van der Waals surface area contributed by atoms with Crippen LogP contribution in [0.1, 0.15) is 49.9 Å². The van der Waals surface area contributed by atoms with E-state index in [-0.39, 0.29) is 13.1 Å². The summed E-state index contributed by atoms with van der Waals surface area (Å²) in [7, 11) is 0. The van der Waals surface area contributed by atoms with Crippen LogP contribution in [0.5, 0.6) is 0 Å². The summed E-state index contributed by atoms with van der Waals surface area (Å²) in [5, 5.41) is 0. The maximum Gasteiger partial charge on any atom is 0.260 e. The molecule has 0 spiro atoms. The summed E-state index contributed by atoms with van der Waals surface area (Å²) in [6, 6.07) is 0. The molecule has 0 fully saturated rings. The first-order valence-electron chi connectivity index (χ1n) is 7.17. The zero-order valence-electron chi connectivity index (χ0n) is 12.5. The van der Waals surface area contributed by atoms with Gasteiger partial charge < -0.3 is 4.90 Å². The quantitative estimate of drug-likeness (QED) is 0.413. The number of carbonyl (C=O) groups is 1. The van der Waals surface area contributed by atoms with E-state index in [2.05, 4.69) is 0 Å². The van der Waals surface area contributed by atoms with Gasteiger partial charge >= 0.3 is 0 Å². The second-order valence-corrected chi connectivity index (χ2v) is 4.94. The fourth-order valence-electron chi connectivity index (χ4n) is 1.96. The highest BCUT2D eigenvalue weighted by Crippen LogP contribution is 2.24. The standard InChI is InChI=1S/C15H18F5NO/c1-3-5-7-21(8-6-4-2)15(22)9-10(16)12(18)14(20)13(19)11(9)17/h3-8H2,1-2H3. The number of halogens is 5. The van der Waals surface area contributed by atoms with Crippen LogP contribution in [0.3, 0.4) is 0 Å². The van der Waals surface area contributed by atoms with Crippen molar-refractivity contribution in [3.63, 3.8) is 0 Å². The molecule has 0 N–H and O–H groups in total. The molecule has 0 unspecified atom stereocenters.